The maximum absolute atomic E-state index is 13.1. The third kappa shape index (κ3) is 1.80. The van der Waals surface area contributed by atoms with E-state index in [0.29, 0.717) is 12.8 Å². The zero-order chi connectivity index (χ0) is 15.6. The predicted octanol–water partition coefficient (Wildman–Crippen LogP) is 0.149. The molecule has 3 heterocycles. The molecule has 2 atom stereocenters. The lowest BCUT2D eigenvalue weighted by Gasteiger charge is -2.15. The Kier molecular flexibility index (Phi) is 2.88. The minimum atomic E-state index is -5.59. The van der Waals surface area contributed by atoms with Gasteiger partial charge in [-0.15, -0.1) is 0 Å². The van der Waals surface area contributed by atoms with E-state index < -0.39 is 45.9 Å². The van der Waals surface area contributed by atoms with E-state index in [4.69, 9.17) is 9.84 Å². The fraction of sp³-hybridized carbons (Fsp3) is 0.600. The highest BCUT2D eigenvalue weighted by molar-refractivity contribution is 7.88. The molecule has 0 aliphatic carbocycles. The van der Waals surface area contributed by atoms with Gasteiger partial charge in [-0.1, -0.05) is 4.73 Å². The van der Waals surface area contributed by atoms with E-state index in [1.165, 1.54) is 0 Å². The lowest BCUT2D eigenvalue weighted by Crippen LogP contribution is -2.39. The van der Waals surface area contributed by atoms with Crippen LogP contribution in [0, 0.1) is 0 Å². The highest BCUT2D eigenvalue weighted by Crippen LogP contribution is 2.57. The average Bonchev–Trinajstić information content (AvgIpc) is 3.08. The van der Waals surface area contributed by atoms with Crippen molar-refractivity contribution in [3.63, 3.8) is 0 Å². The number of aromatic nitrogens is 1. The Balaban J connectivity index is 2.03. The zero-order valence-corrected chi connectivity index (χ0v) is 11.2. The van der Waals surface area contributed by atoms with Crippen molar-refractivity contribution in [3.05, 3.63) is 11.1 Å². The van der Waals surface area contributed by atoms with Gasteiger partial charge in [0.15, 0.2) is 0 Å². The third-order valence-corrected chi connectivity index (χ3v) is 4.75. The van der Waals surface area contributed by atoms with Crippen LogP contribution in [0.2, 0.25) is 0 Å². The molecule has 8 nitrogen and oxygen atoms in total. The molecule has 118 valence electrons. The van der Waals surface area contributed by atoms with Crippen molar-refractivity contribution in [1.29, 1.82) is 0 Å². The zero-order valence-electron chi connectivity index (χ0n) is 10.4. The van der Waals surface area contributed by atoms with E-state index in [2.05, 4.69) is 4.28 Å². The average molecular weight is 327 g/mol. The molecule has 2 aliphatic rings. The van der Waals surface area contributed by atoms with Gasteiger partial charge in [-0.3, -0.25) is 4.28 Å². The van der Waals surface area contributed by atoms with Crippen LogP contribution in [0.3, 0.4) is 0 Å². The summed E-state index contributed by atoms with van der Waals surface area (Å²) in [7, 11) is -5.59. The van der Waals surface area contributed by atoms with Crippen LogP contribution < -0.4 is 4.28 Å². The summed E-state index contributed by atoms with van der Waals surface area (Å²) < 4.78 is 58.3. The minimum Gasteiger partial charge on any atom is -0.492 e. The number of fused-ring (bicyclic) bond motifs is 5. The molecule has 1 aromatic rings. The maximum atomic E-state index is 13.1. The van der Waals surface area contributed by atoms with Gasteiger partial charge in [-0.05, 0) is 12.8 Å². The number of ether oxygens (including phenoxy) is 1. The monoisotopic (exact) mass is 327 g/mol. The lowest BCUT2D eigenvalue weighted by molar-refractivity contribution is 0.0114. The molecule has 2 bridgehead atoms. The van der Waals surface area contributed by atoms with Gasteiger partial charge in [0.2, 0.25) is 11.8 Å². The second kappa shape index (κ2) is 4.21. The van der Waals surface area contributed by atoms with E-state index in [-0.39, 0.29) is 15.9 Å². The molecule has 0 spiro atoms. The van der Waals surface area contributed by atoms with Crippen LogP contribution in [0.25, 0.3) is 0 Å². The Bertz CT molecular complexity index is 665. The van der Waals surface area contributed by atoms with Crippen molar-refractivity contribution < 1.29 is 41.5 Å². The van der Waals surface area contributed by atoms with Crippen LogP contribution in [0.15, 0.2) is 0 Å². The van der Waals surface area contributed by atoms with Gasteiger partial charge in [0.05, 0.1) is 23.3 Å². The van der Waals surface area contributed by atoms with Gasteiger partial charge < -0.3 is 20.1 Å². The number of alkyl halides is 2. The number of aromatic hydroxyl groups is 2. The van der Waals surface area contributed by atoms with Crippen LogP contribution in [-0.4, -0.2) is 40.3 Å². The van der Waals surface area contributed by atoms with Crippen molar-refractivity contribution >= 4 is 10.1 Å². The standard InChI is InChI=1S/C10H11F2NO7S/c11-10(12,3-14)21(17,18)20-13-8(15)6-4-1-2-5(19-4)7(6)9(13)16/h4-5,14-16H,1-3H2. The fourth-order valence-electron chi connectivity index (χ4n) is 2.56. The van der Waals surface area contributed by atoms with Crippen LogP contribution in [0.1, 0.15) is 36.2 Å². The van der Waals surface area contributed by atoms with E-state index in [9.17, 15) is 27.4 Å². The second-order valence-corrected chi connectivity index (χ2v) is 6.44. The van der Waals surface area contributed by atoms with Crippen molar-refractivity contribution in [2.75, 3.05) is 6.61 Å². The summed E-state index contributed by atoms with van der Waals surface area (Å²) in [6.45, 7) is -1.99. The number of halogens is 2. The number of aliphatic hydroxyl groups excluding tert-OH is 1. The maximum Gasteiger partial charge on any atom is 0.404 e. The molecule has 3 rings (SSSR count). The van der Waals surface area contributed by atoms with E-state index in [1.807, 2.05) is 0 Å². The number of nitrogens with zero attached hydrogens (tertiary/aromatic N) is 1. The Hall–Kier alpha value is -1.59. The van der Waals surface area contributed by atoms with Crippen LogP contribution >= 0.6 is 0 Å². The molecule has 11 heteroatoms. The number of aliphatic hydroxyl groups is 1. The number of rotatable bonds is 4. The molecule has 1 saturated heterocycles. The minimum absolute atomic E-state index is 0.0113. The fourth-order valence-corrected chi connectivity index (χ4v) is 3.16. The molecule has 2 unspecified atom stereocenters. The molecule has 1 aromatic heterocycles. The predicted molar refractivity (Wildman–Crippen MR) is 61.1 cm³/mol. The molecule has 3 N–H and O–H groups in total. The van der Waals surface area contributed by atoms with Gasteiger partial charge in [0.1, 0.15) is 6.61 Å². The highest BCUT2D eigenvalue weighted by Gasteiger charge is 2.50. The van der Waals surface area contributed by atoms with E-state index >= 15 is 0 Å². The number of hydrogen-bond acceptors (Lipinski definition) is 7. The van der Waals surface area contributed by atoms with E-state index in [1.54, 1.807) is 0 Å². The first kappa shape index (κ1) is 14.4. The second-order valence-electron chi connectivity index (χ2n) is 4.78. The summed E-state index contributed by atoms with van der Waals surface area (Å²) in [5, 5.41) is 23.6. The van der Waals surface area contributed by atoms with Crippen molar-refractivity contribution in [2.45, 2.75) is 30.3 Å². The first-order valence-corrected chi connectivity index (χ1v) is 7.35. The lowest BCUT2D eigenvalue weighted by atomic mass is 9.95. The Morgan fingerprint density at radius 1 is 1.24 bits per heavy atom. The summed E-state index contributed by atoms with van der Waals surface area (Å²) >= 11 is 0. The molecule has 2 aliphatic heterocycles. The summed E-state index contributed by atoms with van der Waals surface area (Å²) in [6, 6.07) is 0. The van der Waals surface area contributed by atoms with Crippen molar-refractivity contribution in [3.8, 4) is 11.8 Å². The van der Waals surface area contributed by atoms with Crippen LogP contribution in [-0.2, 0) is 14.9 Å². The smallest absolute Gasteiger partial charge is 0.404 e. The van der Waals surface area contributed by atoms with Gasteiger partial charge in [-0.25, -0.2) is 0 Å². The molecule has 0 radical (unpaired) electrons. The summed E-state index contributed by atoms with van der Waals surface area (Å²) in [5.41, 5.74) is 0.262. The molecular formula is C10H11F2NO7S. The SMILES string of the molecule is O=S(=O)(On1c(O)c2c(c1O)C1CCC2O1)C(F)(F)CO. The van der Waals surface area contributed by atoms with Crippen LogP contribution in [0.4, 0.5) is 8.78 Å². The first-order valence-electron chi connectivity index (χ1n) is 5.94. The van der Waals surface area contributed by atoms with Gasteiger partial charge >= 0.3 is 15.4 Å². The molecule has 0 saturated carbocycles. The summed E-state index contributed by atoms with van der Waals surface area (Å²) in [6.07, 6.45) is 0.0197. The Morgan fingerprint density at radius 2 is 1.71 bits per heavy atom. The quantitative estimate of drug-likeness (QED) is 0.720. The summed E-state index contributed by atoms with van der Waals surface area (Å²) in [5.74, 6) is -1.63. The topological polar surface area (TPSA) is 118 Å². The largest absolute Gasteiger partial charge is 0.492 e. The molecule has 0 aromatic carbocycles. The van der Waals surface area contributed by atoms with Gasteiger partial charge in [-0.2, -0.15) is 17.2 Å². The Morgan fingerprint density at radius 3 is 2.14 bits per heavy atom. The summed E-state index contributed by atoms with van der Waals surface area (Å²) in [4.78, 5) is 0. The molecule has 21 heavy (non-hydrogen) atoms. The van der Waals surface area contributed by atoms with Crippen molar-refractivity contribution in [2.24, 2.45) is 0 Å². The van der Waals surface area contributed by atoms with Crippen molar-refractivity contribution in [1.82, 2.24) is 4.73 Å². The van der Waals surface area contributed by atoms with Gasteiger partial charge in [0.25, 0.3) is 0 Å². The molecule has 0 amide bonds. The van der Waals surface area contributed by atoms with Crippen LogP contribution in [0.5, 0.6) is 11.8 Å². The first-order chi connectivity index (χ1) is 9.69. The Labute approximate surface area is 117 Å². The molecular weight excluding hydrogens is 316 g/mol. The molecule has 1 fully saturated rings. The van der Waals surface area contributed by atoms with Gasteiger partial charge in [0, 0.05) is 0 Å². The van der Waals surface area contributed by atoms with E-state index in [0.717, 1.165) is 0 Å². The third-order valence-electron chi connectivity index (χ3n) is 3.54. The normalized spacial score (nSPS) is 24.3. The highest BCUT2D eigenvalue weighted by atomic mass is 32.2. The number of hydrogen-bond donors (Lipinski definition) is 3.